The molecular formula is C7H16N2O. The summed E-state index contributed by atoms with van der Waals surface area (Å²) in [6.45, 7) is 3.86. The van der Waals surface area contributed by atoms with E-state index >= 15 is 0 Å². The van der Waals surface area contributed by atoms with Gasteiger partial charge < -0.3 is 10.6 Å². The van der Waals surface area contributed by atoms with E-state index in [1.807, 2.05) is 19.0 Å². The Bertz CT molecular complexity index is 124. The van der Waals surface area contributed by atoms with Gasteiger partial charge in [0, 0.05) is 0 Å². The summed E-state index contributed by atoms with van der Waals surface area (Å²) in [5.74, 6) is 0.0671. The number of ketones is 1. The Morgan fingerprint density at radius 1 is 1.50 bits per heavy atom. The van der Waals surface area contributed by atoms with Gasteiger partial charge in [0.25, 0.3) is 0 Å². The van der Waals surface area contributed by atoms with E-state index in [4.69, 9.17) is 5.73 Å². The molecule has 0 aliphatic carbocycles. The first kappa shape index (κ1) is 9.59. The van der Waals surface area contributed by atoms with Gasteiger partial charge in [-0.05, 0) is 27.9 Å². The quantitative estimate of drug-likeness (QED) is 0.599. The van der Waals surface area contributed by atoms with Crippen molar-refractivity contribution in [2.45, 2.75) is 19.4 Å². The Labute approximate surface area is 62.2 Å². The fraction of sp³-hybridized carbons (Fsp3) is 0.857. The summed E-state index contributed by atoms with van der Waals surface area (Å²) in [5, 5.41) is 0. The van der Waals surface area contributed by atoms with Crippen LogP contribution < -0.4 is 5.73 Å². The number of nitrogens with two attached hydrogens (primary N) is 1. The zero-order chi connectivity index (χ0) is 8.36. The van der Waals surface area contributed by atoms with Crippen LogP contribution in [-0.2, 0) is 4.79 Å². The van der Waals surface area contributed by atoms with Crippen molar-refractivity contribution in [3.8, 4) is 0 Å². The van der Waals surface area contributed by atoms with Gasteiger partial charge in [0.15, 0.2) is 5.78 Å². The van der Waals surface area contributed by atoms with Crippen LogP contribution in [0.3, 0.4) is 0 Å². The summed E-state index contributed by atoms with van der Waals surface area (Å²) >= 11 is 0. The van der Waals surface area contributed by atoms with Crippen molar-refractivity contribution in [2.24, 2.45) is 5.73 Å². The van der Waals surface area contributed by atoms with Gasteiger partial charge in [0.2, 0.25) is 0 Å². The predicted octanol–water partition coefficient (Wildman–Crippen LogP) is -0.146. The molecule has 0 bridgehead atoms. The lowest BCUT2D eigenvalue weighted by molar-refractivity contribution is -0.123. The molecule has 0 unspecified atom stereocenters. The Balaban J connectivity index is 3.87. The van der Waals surface area contributed by atoms with E-state index in [1.54, 1.807) is 13.8 Å². The highest BCUT2D eigenvalue weighted by Gasteiger charge is 2.21. The van der Waals surface area contributed by atoms with Crippen molar-refractivity contribution in [2.75, 3.05) is 20.6 Å². The normalized spacial score (nSPS) is 12.2. The van der Waals surface area contributed by atoms with Crippen LogP contribution in [0.5, 0.6) is 0 Å². The first-order valence-corrected chi connectivity index (χ1v) is 3.31. The zero-order valence-corrected chi connectivity index (χ0v) is 7.14. The number of nitrogens with zero attached hydrogens (tertiary/aromatic N) is 1. The second-order valence-corrected chi connectivity index (χ2v) is 3.38. The van der Waals surface area contributed by atoms with Crippen LogP contribution in [0.2, 0.25) is 0 Å². The maximum atomic E-state index is 11.1. The highest BCUT2D eigenvalue weighted by atomic mass is 16.1. The third-order valence-electron chi connectivity index (χ3n) is 1.18. The Morgan fingerprint density at radius 3 is 2.00 bits per heavy atom. The Morgan fingerprint density at radius 2 is 1.90 bits per heavy atom. The third kappa shape index (κ3) is 3.58. The summed E-state index contributed by atoms with van der Waals surface area (Å²) in [6, 6.07) is 0. The molecule has 0 saturated carbocycles. The van der Waals surface area contributed by atoms with Crippen molar-refractivity contribution < 1.29 is 4.79 Å². The van der Waals surface area contributed by atoms with E-state index in [9.17, 15) is 4.79 Å². The molecule has 0 atom stereocenters. The average Bonchev–Trinajstić information content (AvgIpc) is 1.60. The van der Waals surface area contributed by atoms with E-state index < -0.39 is 5.54 Å². The molecule has 0 radical (unpaired) electrons. The molecule has 0 aliphatic heterocycles. The van der Waals surface area contributed by atoms with Crippen LogP contribution in [0.15, 0.2) is 0 Å². The molecule has 0 heterocycles. The largest absolute Gasteiger partial charge is 0.319 e. The van der Waals surface area contributed by atoms with E-state index in [1.165, 1.54) is 0 Å². The molecule has 0 amide bonds. The molecule has 3 heteroatoms. The molecule has 0 spiro atoms. The van der Waals surface area contributed by atoms with Crippen molar-refractivity contribution in [3.63, 3.8) is 0 Å². The van der Waals surface area contributed by atoms with Gasteiger partial charge >= 0.3 is 0 Å². The monoisotopic (exact) mass is 144 g/mol. The third-order valence-corrected chi connectivity index (χ3v) is 1.18. The van der Waals surface area contributed by atoms with Crippen molar-refractivity contribution in [3.05, 3.63) is 0 Å². The number of hydrogen-bond acceptors (Lipinski definition) is 3. The topological polar surface area (TPSA) is 46.3 Å². The van der Waals surface area contributed by atoms with Gasteiger partial charge in [0.05, 0.1) is 12.1 Å². The smallest absolute Gasteiger partial charge is 0.165 e. The predicted molar refractivity (Wildman–Crippen MR) is 41.8 cm³/mol. The summed E-state index contributed by atoms with van der Waals surface area (Å²) in [7, 11) is 3.70. The number of likely N-dealkylation sites (N-methyl/N-ethyl adjacent to an activating group) is 1. The molecule has 0 aromatic heterocycles. The van der Waals surface area contributed by atoms with Crippen LogP contribution in [0.1, 0.15) is 13.8 Å². The van der Waals surface area contributed by atoms with Crippen LogP contribution in [0.4, 0.5) is 0 Å². The number of rotatable bonds is 3. The molecule has 2 N–H and O–H groups in total. The minimum atomic E-state index is -0.690. The Kier molecular flexibility index (Phi) is 2.99. The number of Topliss-reactive ketones (excluding diaryl/α,β-unsaturated/α-hetero) is 1. The first-order valence-electron chi connectivity index (χ1n) is 3.31. The van der Waals surface area contributed by atoms with Gasteiger partial charge in [-0.15, -0.1) is 0 Å². The van der Waals surface area contributed by atoms with E-state index in [-0.39, 0.29) is 5.78 Å². The summed E-state index contributed by atoms with van der Waals surface area (Å²) < 4.78 is 0. The number of hydrogen-bond donors (Lipinski definition) is 1. The lowest BCUT2D eigenvalue weighted by atomic mass is 10.0. The molecule has 10 heavy (non-hydrogen) atoms. The maximum Gasteiger partial charge on any atom is 0.165 e. The molecule has 3 nitrogen and oxygen atoms in total. The molecular weight excluding hydrogens is 128 g/mol. The lowest BCUT2D eigenvalue weighted by Gasteiger charge is -2.19. The second-order valence-electron chi connectivity index (χ2n) is 3.38. The summed E-state index contributed by atoms with van der Waals surface area (Å²) in [6.07, 6.45) is 0. The Hall–Kier alpha value is -0.410. The van der Waals surface area contributed by atoms with Gasteiger partial charge in [-0.2, -0.15) is 0 Å². The molecule has 0 aliphatic rings. The fourth-order valence-electron chi connectivity index (χ4n) is 0.491. The molecule has 0 fully saturated rings. The van der Waals surface area contributed by atoms with Gasteiger partial charge in [-0.1, -0.05) is 0 Å². The van der Waals surface area contributed by atoms with Gasteiger partial charge in [-0.25, -0.2) is 0 Å². The lowest BCUT2D eigenvalue weighted by Crippen LogP contribution is -2.45. The number of carbonyl (C=O) groups is 1. The van der Waals surface area contributed by atoms with Crippen LogP contribution in [0.25, 0.3) is 0 Å². The summed E-state index contributed by atoms with van der Waals surface area (Å²) in [4.78, 5) is 12.9. The fourth-order valence-corrected chi connectivity index (χ4v) is 0.491. The average molecular weight is 144 g/mol. The molecule has 0 aromatic carbocycles. The zero-order valence-electron chi connectivity index (χ0n) is 7.14. The minimum Gasteiger partial charge on any atom is -0.319 e. The van der Waals surface area contributed by atoms with Crippen molar-refractivity contribution in [1.29, 1.82) is 0 Å². The van der Waals surface area contributed by atoms with Crippen molar-refractivity contribution in [1.82, 2.24) is 4.90 Å². The van der Waals surface area contributed by atoms with Crippen LogP contribution >= 0.6 is 0 Å². The van der Waals surface area contributed by atoms with Crippen LogP contribution in [-0.4, -0.2) is 36.9 Å². The summed E-state index contributed by atoms with van der Waals surface area (Å²) in [5.41, 5.74) is 4.86. The molecule has 0 aromatic rings. The van der Waals surface area contributed by atoms with Crippen LogP contribution in [0, 0.1) is 0 Å². The molecule has 60 valence electrons. The number of carbonyl (C=O) groups excluding carboxylic acids is 1. The minimum absolute atomic E-state index is 0.0671. The highest BCUT2D eigenvalue weighted by molar-refractivity contribution is 5.88. The SMILES string of the molecule is CN(C)CC(=O)C(C)(C)N. The first-order chi connectivity index (χ1) is 4.34. The van der Waals surface area contributed by atoms with Gasteiger partial charge in [0.1, 0.15) is 0 Å². The molecule has 0 saturated heterocycles. The highest BCUT2D eigenvalue weighted by Crippen LogP contribution is 1.98. The van der Waals surface area contributed by atoms with Crippen molar-refractivity contribution >= 4 is 5.78 Å². The van der Waals surface area contributed by atoms with E-state index in [0.29, 0.717) is 6.54 Å². The van der Waals surface area contributed by atoms with Gasteiger partial charge in [-0.3, -0.25) is 4.79 Å². The second kappa shape index (κ2) is 3.12. The molecule has 0 rings (SSSR count). The van der Waals surface area contributed by atoms with E-state index in [2.05, 4.69) is 0 Å². The standard InChI is InChI=1S/C7H16N2O/c1-7(2,8)6(10)5-9(3)4/h5,8H2,1-4H3. The van der Waals surface area contributed by atoms with E-state index in [0.717, 1.165) is 0 Å². The maximum absolute atomic E-state index is 11.1.